The van der Waals surface area contributed by atoms with E-state index < -0.39 is 0 Å². The van der Waals surface area contributed by atoms with Gasteiger partial charge in [0.05, 0.1) is 12.1 Å². The van der Waals surface area contributed by atoms with E-state index in [1.54, 1.807) is 0 Å². The molecule has 0 aromatic carbocycles. The summed E-state index contributed by atoms with van der Waals surface area (Å²) in [5.74, 6) is 0. The molecule has 2 aliphatic rings. The van der Waals surface area contributed by atoms with Gasteiger partial charge in [-0.05, 0) is 19.3 Å². The molecule has 1 saturated carbocycles. The van der Waals surface area contributed by atoms with Crippen molar-refractivity contribution in [1.29, 1.82) is 0 Å². The topological polar surface area (TPSA) is 24.7 Å². The highest BCUT2D eigenvalue weighted by Crippen LogP contribution is 2.25. The predicted molar refractivity (Wildman–Crippen MR) is 49.8 cm³/mol. The van der Waals surface area contributed by atoms with E-state index in [9.17, 15) is 0 Å². The lowest BCUT2D eigenvalue weighted by atomic mass is 10.2. The smallest absolute Gasteiger partial charge is 0.0723 e. The molecule has 0 saturated heterocycles. The Bertz CT molecular complexity index is 143. The Morgan fingerprint density at radius 1 is 1.00 bits per heavy atom. The molecule has 0 bridgehead atoms. The largest absolute Gasteiger partial charge is 0.286 e. The number of nitrogens with zero attached hydrogens (tertiary/aromatic N) is 2. The third-order valence-electron chi connectivity index (χ3n) is 2.07. The van der Waals surface area contributed by atoms with E-state index in [1.165, 1.54) is 19.3 Å². The molecule has 1 heterocycles. The fourth-order valence-electron chi connectivity index (χ4n) is 1.57. The van der Waals surface area contributed by atoms with Crippen LogP contribution in [0.15, 0.2) is 9.98 Å². The van der Waals surface area contributed by atoms with Crippen LogP contribution < -0.4 is 0 Å². The van der Waals surface area contributed by atoms with Crippen LogP contribution in [0.4, 0.5) is 0 Å². The van der Waals surface area contributed by atoms with Gasteiger partial charge in [-0.25, -0.2) is 0 Å². The molecular formula is C9H16N2. The van der Waals surface area contributed by atoms with Crippen LogP contribution in [0.5, 0.6) is 0 Å². The molecule has 0 radical (unpaired) electrons. The van der Waals surface area contributed by atoms with Gasteiger partial charge >= 0.3 is 0 Å². The molecule has 2 nitrogen and oxygen atoms in total. The summed E-state index contributed by atoms with van der Waals surface area (Å²) >= 11 is 0. The first-order chi connectivity index (χ1) is 5.47. The highest BCUT2D eigenvalue weighted by molar-refractivity contribution is 6.16. The van der Waals surface area contributed by atoms with Crippen molar-refractivity contribution in [2.24, 2.45) is 9.98 Å². The van der Waals surface area contributed by atoms with Crippen LogP contribution in [0.1, 0.15) is 33.1 Å². The van der Waals surface area contributed by atoms with E-state index in [1.807, 2.05) is 26.3 Å². The standard InChI is InChI=1S/C7H10N2.C2H6/c1-2-6-7(3-1)9-5-4-8-6;1-2/h4-7H,1-3H2;1-2H3. The third-order valence-corrected chi connectivity index (χ3v) is 2.07. The normalized spacial score (nSPS) is 32.5. The maximum Gasteiger partial charge on any atom is 0.0723 e. The van der Waals surface area contributed by atoms with Crippen LogP contribution >= 0.6 is 0 Å². The van der Waals surface area contributed by atoms with E-state index in [0.717, 1.165) is 0 Å². The summed E-state index contributed by atoms with van der Waals surface area (Å²) in [6.45, 7) is 4.00. The van der Waals surface area contributed by atoms with Crippen molar-refractivity contribution in [3.8, 4) is 0 Å². The van der Waals surface area contributed by atoms with Gasteiger partial charge in [-0.15, -0.1) is 0 Å². The first kappa shape index (κ1) is 8.44. The molecule has 2 heteroatoms. The van der Waals surface area contributed by atoms with Crippen molar-refractivity contribution < 1.29 is 0 Å². The van der Waals surface area contributed by atoms with Crippen LogP contribution in [0.3, 0.4) is 0 Å². The van der Waals surface area contributed by atoms with E-state index in [0.29, 0.717) is 12.1 Å². The van der Waals surface area contributed by atoms with Crippen molar-refractivity contribution in [2.75, 3.05) is 0 Å². The summed E-state index contributed by atoms with van der Waals surface area (Å²) in [5, 5.41) is 0. The minimum Gasteiger partial charge on any atom is -0.286 e. The fraction of sp³-hybridized carbons (Fsp3) is 0.778. The van der Waals surface area contributed by atoms with Crippen molar-refractivity contribution >= 4 is 12.4 Å². The monoisotopic (exact) mass is 152 g/mol. The second-order valence-corrected chi connectivity index (χ2v) is 2.66. The average molecular weight is 152 g/mol. The molecule has 2 unspecified atom stereocenters. The number of rotatable bonds is 0. The van der Waals surface area contributed by atoms with Crippen LogP contribution in [0.2, 0.25) is 0 Å². The Labute approximate surface area is 68.4 Å². The number of aliphatic imine (C=N–C) groups is 2. The lowest BCUT2D eigenvalue weighted by Crippen LogP contribution is -2.18. The molecule has 1 aliphatic carbocycles. The lowest BCUT2D eigenvalue weighted by Gasteiger charge is -2.12. The van der Waals surface area contributed by atoms with Crippen LogP contribution in [0, 0.1) is 0 Å². The summed E-state index contributed by atoms with van der Waals surface area (Å²) in [6.07, 6.45) is 7.46. The molecule has 0 amide bonds. The van der Waals surface area contributed by atoms with Gasteiger partial charge in [0.1, 0.15) is 0 Å². The Morgan fingerprint density at radius 2 is 1.45 bits per heavy atom. The Kier molecular flexibility index (Phi) is 3.27. The van der Waals surface area contributed by atoms with Gasteiger partial charge in [0.25, 0.3) is 0 Å². The maximum absolute atomic E-state index is 4.32. The minimum atomic E-state index is 0.537. The van der Waals surface area contributed by atoms with Crippen LogP contribution in [0.25, 0.3) is 0 Å². The van der Waals surface area contributed by atoms with Gasteiger partial charge in [0.15, 0.2) is 0 Å². The summed E-state index contributed by atoms with van der Waals surface area (Å²) in [6, 6.07) is 1.07. The second kappa shape index (κ2) is 4.27. The van der Waals surface area contributed by atoms with Gasteiger partial charge in [-0.3, -0.25) is 9.98 Å². The van der Waals surface area contributed by atoms with Gasteiger partial charge in [0, 0.05) is 12.4 Å². The van der Waals surface area contributed by atoms with E-state index in [2.05, 4.69) is 9.98 Å². The molecule has 0 N–H and O–H groups in total. The molecule has 0 aromatic heterocycles. The van der Waals surface area contributed by atoms with E-state index in [-0.39, 0.29) is 0 Å². The predicted octanol–water partition coefficient (Wildman–Crippen LogP) is 2.09. The highest BCUT2D eigenvalue weighted by Gasteiger charge is 2.26. The highest BCUT2D eigenvalue weighted by atomic mass is 14.9. The zero-order valence-electron chi connectivity index (χ0n) is 7.33. The quantitative estimate of drug-likeness (QED) is 0.508. The second-order valence-electron chi connectivity index (χ2n) is 2.66. The summed E-state index contributed by atoms with van der Waals surface area (Å²) < 4.78 is 0. The molecule has 62 valence electrons. The minimum absolute atomic E-state index is 0.537. The summed E-state index contributed by atoms with van der Waals surface area (Å²) in [5.41, 5.74) is 0. The van der Waals surface area contributed by atoms with Crippen molar-refractivity contribution in [1.82, 2.24) is 0 Å². The van der Waals surface area contributed by atoms with E-state index >= 15 is 0 Å². The number of hydrogen-bond acceptors (Lipinski definition) is 2. The SMILES string of the molecule is C1=NC2CCCC2N=C1.CC. The Balaban J connectivity index is 0.000000281. The first-order valence-corrected chi connectivity index (χ1v) is 4.52. The summed E-state index contributed by atoms with van der Waals surface area (Å²) in [7, 11) is 0. The molecular weight excluding hydrogens is 136 g/mol. The Hall–Kier alpha value is -0.660. The molecule has 1 aliphatic heterocycles. The average Bonchev–Trinajstić information content (AvgIpc) is 2.55. The molecule has 1 fully saturated rings. The van der Waals surface area contributed by atoms with E-state index in [4.69, 9.17) is 0 Å². The van der Waals surface area contributed by atoms with Crippen molar-refractivity contribution in [3.63, 3.8) is 0 Å². The third kappa shape index (κ3) is 1.88. The number of hydrogen-bond donors (Lipinski definition) is 0. The molecule has 2 atom stereocenters. The van der Waals surface area contributed by atoms with Crippen molar-refractivity contribution in [3.05, 3.63) is 0 Å². The zero-order valence-corrected chi connectivity index (χ0v) is 7.33. The summed E-state index contributed by atoms with van der Waals surface area (Å²) in [4.78, 5) is 8.63. The first-order valence-electron chi connectivity index (χ1n) is 4.52. The maximum atomic E-state index is 4.32. The van der Waals surface area contributed by atoms with Crippen LogP contribution in [-0.4, -0.2) is 24.5 Å². The van der Waals surface area contributed by atoms with Gasteiger partial charge < -0.3 is 0 Å². The molecule has 0 aromatic rings. The molecule has 0 spiro atoms. The zero-order chi connectivity index (χ0) is 8.10. The van der Waals surface area contributed by atoms with Gasteiger partial charge in [0.2, 0.25) is 0 Å². The molecule has 2 rings (SSSR count). The fourth-order valence-corrected chi connectivity index (χ4v) is 1.57. The van der Waals surface area contributed by atoms with Gasteiger partial charge in [-0.2, -0.15) is 0 Å². The lowest BCUT2D eigenvalue weighted by molar-refractivity contribution is 0.608. The Morgan fingerprint density at radius 3 is 1.91 bits per heavy atom. The number of fused-ring (bicyclic) bond motifs is 1. The van der Waals surface area contributed by atoms with Crippen molar-refractivity contribution in [2.45, 2.75) is 45.2 Å². The molecule has 11 heavy (non-hydrogen) atoms. The van der Waals surface area contributed by atoms with Gasteiger partial charge in [-0.1, -0.05) is 13.8 Å². The van der Waals surface area contributed by atoms with Crippen LogP contribution in [-0.2, 0) is 0 Å².